The van der Waals surface area contributed by atoms with Crippen LogP contribution in [0, 0.1) is 0 Å². The Morgan fingerprint density at radius 2 is 1.70 bits per heavy atom. The number of benzene rings is 4. The van der Waals surface area contributed by atoms with Gasteiger partial charge in [-0.1, -0.05) is 49.1 Å². The lowest BCUT2D eigenvalue weighted by molar-refractivity contribution is 0.651. The topological polar surface area (TPSA) is 60.9 Å². The molecule has 6 nitrogen and oxygen atoms in total. The van der Waals surface area contributed by atoms with E-state index in [0.29, 0.717) is 12.1 Å². The van der Waals surface area contributed by atoms with Crippen molar-refractivity contribution in [1.29, 1.82) is 0 Å². The lowest BCUT2D eigenvalue weighted by atomic mass is 10.0. The van der Waals surface area contributed by atoms with Gasteiger partial charge in [0, 0.05) is 33.9 Å². The van der Waals surface area contributed by atoms with E-state index in [0.717, 1.165) is 77.9 Å². The second-order valence-corrected chi connectivity index (χ2v) is 10.1. The second kappa shape index (κ2) is 8.32. The van der Waals surface area contributed by atoms with Crippen LogP contribution in [0.25, 0.3) is 72.3 Å². The number of hydrogen-bond acceptors (Lipinski definition) is 4. The zero-order valence-corrected chi connectivity index (χ0v) is 21.9. The molecular weight excluding hydrogens is 496 g/mol. The van der Waals surface area contributed by atoms with Crippen molar-refractivity contribution in [3.63, 3.8) is 0 Å². The number of imidazole rings is 2. The van der Waals surface area contributed by atoms with Gasteiger partial charge in [0.15, 0.2) is 0 Å². The van der Waals surface area contributed by atoms with Gasteiger partial charge in [0.25, 0.3) is 0 Å². The smallest absolute Gasteiger partial charge is 0.232 e. The van der Waals surface area contributed by atoms with Crippen molar-refractivity contribution in [3.8, 4) is 5.69 Å². The number of hydrogen-bond donors (Lipinski definition) is 0. The third-order valence-electron chi connectivity index (χ3n) is 7.53. The Morgan fingerprint density at radius 3 is 2.60 bits per heavy atom. The Hall–Kier alpha value is -5.36. The molecule has 40 heavy (non-hydrogen) atoms. The van der Waals surface area contributed by atoms with Crippen LogP contribution < -0.4 is 0 Å². The van der Waals surface area contributed by atoms with E-state index in [1.165, 1.54) is 0 Å². The lowest BCUT2D eigenvalue weighted by Crippen LogP contribution is -1.95. The Balaban J connectivity index is 1.45. The van der Waals surface area contributed by atoms with Crippen molar-refractivity contribution in [2.24, 2.45) is 4.99 Å². The van der Waals surface area contributed by atoms with Crippen LogP contribution in [0.15, 0.2) is 118 Å². The van der Waals surface area contributed by atoms with Gasteiger partial charge in [-0.2, -0.15) is 0 Å². The molecule has 0 saturated heterocycles. The Morgan fingerprint density at radius 1 is 0.900 bits per heavy atom. The van der Waals surface area contributed by atoms with Gasteiger partial charge < -0.3 is 8.83 Å². The van der Waals surface area contributed by atoms with Crippen LogP contribution in [0.4, 0.5) is 0 Å². The largest absolute Gasteiger partial charge is 0.456 e. The van der Waals surface area contributed by atoms with Crippen LogP contribution in [0.2, 0.25) is 0 Å². The van der Waals surface area contributed by atoms with Crippen LogP contribution in [-0.4, -0.2) is 19.7 Å². The average Bonchev–Trinajstić information content (AvgIpc) is 3.69. The molecule has 4 heterocycles. The molecular formula is C34H24N4O2. The number of allylic oxidation sites excluding steroid dienone is 1. The van der Waals surface area contributed by atoms with Crippen molar-refractivity contribution in [2.45, 2.75) is 13.3 Å². The molecule has 0 aliphatic carbocycles. The zero-order chi connectivity index (χ0) is 27.0. The molecule has 0 saturated carbocycles. The average molecular weight is 521 g/mol. The molecule has 0 atom stereocenters. The molecule has 0 fully saturated rings. The van der Waals surface area contributed by atoms with Gasteiger partial charge in [-0.3, -0.25) is 9.56 Å². The van der Waals surface area contributed by atoms with Gasteiger partial charge in [0.2, 0.25) is 11.5 Å². The van der Waals surface area contributed by atoms with Crippen LogP contribution in [0.3, 0.4) is 0 Å². The number of aromatic nitrogens is 3. The summed E-state index contributed by atoms with van der Waals surface area (Å²) >= 11 is 0. The molecule has 4 aromatic heterocycles. The first kappa shape index (κ1) is 22.6. The maximum Gasteiger partial charge on any atom is 0.232 e. The van der Waals surface area contributed by atoms with Crippen molar-refractivity contribution >= 4 is 72.4 Å². The van der Waals surface area contributed by atoms with Crippen molar-refractivity contribution in [1.82, 2.24) is 14.0 Å². The fraction of sp³-hybridized carbons (Fsp3) is 0.0588. The molecule has 4 aromatic carbocycles. The van der Waals surface area contributed by atoms with E-state index in [1.807, 2.05) is 73.7 Å². The molecule has 8 aromatic rings. The minimum absolute atomic E-state index is 0.698. The predicted octanol–water partition coefficient (Wildman–Crippen LogP) is 9.08. The highest BCUT2D eigenvalue weighted by atomic mass is 16.3. The second-order valence-electron chi connectivity index (χ2n) is 10.1. The standard InChI is InChI=1S/C34H24N4O2/c1-4-10-20(2)35-21(3)23-12-9-16-30-31(23)25-19-22(17-18-29(25)39-30)37-32-24-11-5-8-15-28(24)40-33(32)38-27-14-7-6-13-26(27)36-34(37)38/h4-9,11-19H,1,3,10H2,2H3. The Labute approximate surface area is 228 Å². The molecule has 0 aliphatic heterocycles. The molecule has 0 bridgehead atoms. The Bertz CT molecular complexity index is 2360. The summed E-state index contributed by atoms with van der Waals surface area (Å²) in [6.07, 6.45) is 2.56. The van der Waals surface area contributed by atoms with Gasteiger partial charge >= 0.3 is 0 Å². The third kappa shape index (κ3) is 3.10. The molecule has 0 unspecified atom stereocenters. The number of rotatable bonds is 5. The van der Waals surface area contributed by atoms with E-state index in [2.05, 4.69) is 46.4 Å². The fourth-order valence-electron chi connectivity index (χ4n) is 5.83. The molecule has 0 N–H and O–H groups in total. The van der Waals surface area contributed by atoms with Crippen LogP contribution >= 0.6 is 0 Å². The predicted molar refractivity (Wildman–Crippen MR) is 164 cm³/mol. The van der Waals surface area contributed by atoms with Gasteiger partial charge in [0.05, 0.1) is 22.4 Å². The summed E-state index contributed by atoms with van der Waals surface area (Å²) in [7, 11) is 0. The highest BCUT2D eigenvalue weighted by Gasteiger charge is 2.23. The number of para-hydroxylation sites is 3. The van der Waals surface area contributed by atoms with E-state index in [4.69, 9.17) is 18.8 Å². The quantitative estimate of drug-likeness (QED) is 0.168. The first-order valence-electron chi connectivity index (χ1n) is 13.2. The SMILES string of the molecule is C=CCC(C)=NC(=C)c1cccc2oc3ccc(-n4c5c6ccccc6oc5n5c6ccccc6nc45)cc3c12. The number of furan rings is 2. The van der Waals surface area contributed by atoms with Crippen molar-refractivity contribution < 1.29 is 8.83 Å². The van der Waals surface area contributed by atoms with Gasteiger partial charge in [-0.25, -0.2) is 9.38 Å². The summed E-state index contributed by atoms with van der Waals surface area (Å²) in [4.78, 5) is 9.79. The summed E-state index contributed by atoms with van der Waals surface area (Å²) in [5.74, 6) is 0.794. The normalized spacial score (nSPS) is 12.6. The summed E-state index contributed by atoms with van der Waals surface area (Å²) in [6, 6.07) is 28.6. The van der Waals surface area contributed by atoms with E-state index in [9.17, 15) is 0 Å². The summed E-state index contributed by atoms with van der Waals surface area (Å²) in [6.45, 7) is 10.1. The van der Waals surface area contributed by atoms with Crippen molar-refractivity contribution in [2.75, 3.05) is 0 Å². The zero-order valence-electron chi connectivity index (χ0n) is 21.9. The highest BCUT2D eigenvalue weighted by molar-refractivity contribution is 6.12. The first-order valence-corrected chi connectivity index (χ1v) is 13.2. The minimum atomic E-state index is 0.698. The van der Waals surface area contributed by atoms with E-state index < -0.39 is 0 Å². The van der Waals surface area contributed by atoms with Gasteiger partial charge in [0.1, 0.15) is 22.3 Å². The van der Waals surface area contributed by atoms with Crippen LogP contribution in [0.1, 0.15) is 18.9 Å². The van der Waals surface area contributed by atoms with Crippen molar-refractivity contribution in [3.05, 3.63) is 110 Å². The molecule has 8 rings (SSSR count). The highest BCUT2D eigenvalue weighted by Crippen LogP contribution is 2.39. The molecule has 0 radical (unpaired) electrons. The number of aliphatic imine (C=N–C) groups is 1. The molecule has 0 aliphatic rings. The Kier molecular flexibility index (Phi) is 4.70. The van der Waals surface area contributed by atoms with Crippen LogP contribution in [-0.2, 0) is 0 Å². The monoisotopic (exact) mass is 520 g/mol. The van der Waals surface area contributed by atoms with Crippen LogP contribution in [0.5, 0.6) is 0 Å². The van der Waals surface area contributed by atoms with Gasteiger partial charge in [-0.05, 0) is 55.5 Å². The van der Waals surface area contributed by atoms with Gasteiger partial charge in [-0.15, -0.1) is 6.58 Å². The fourth-order valence-corrected chi connectivity index (χ4v) is 5.83. The molecule has 192 valence electrons. The molecule has 6 heteroatoms. The first-order chi connectivity index (χ1) is 19.6. The van der Waals surface area contributed by atoms with E-state index >= 15 is 0 Å². The third-order valence-corrected chi connectivity index (χ3v) is 7.53. The maximum absolute atomic E-state index is 6.43. The summed E-state index contributed by atoms with van der Waals surface area (Å²) in [5, 5.41) is 3.01. The maximum atomic E-state index is 6.43. The van der Waals surface area contributed by atoms with E-state index in [1.54, 1.807) is 0 Å². The molecule has 0 spiro atoms. The number of nitrogens with zero attached hydrogens (tertiary/aromatic N) is 4. The summed E-state index contributed by atoms with van der Waals surface area (Å²) in [5.41, 5.74) is 9.65. The lowest BCUT2D eigenvalue weighted by Gasteiger charge is -2.07. The number of fused-ring (bicyclic) bond motifs is 10. The summed E-state index contributed by atoms with van der Waals surface area (Å²) < 4.78 is 17.0. The van der Waals surface area contributed by atoms with E-state index in [-0.39, 0.29) is 0 Å². The molecule has 0 amide bonds. The minimum Gasteiger partial charge on any atom is -0.456 e.